The van der Waals surface area contributed by atoms with Crippen LogP contribution in [-0.4, -0.2) is 5.97 Å². The van der Waals surface area contributed by atoms with Crippen molar-refractivity contribution in [2.24, 2.45) is 0 Å². The Bertz CT molecular complexity index is 810. The maximum atomic E-state index is 11.3. The van der Waals surface area contributed by atoms with Crippen molar-refractivity contribution in [1.82, 2.24) is 0 Å². The van der Waals surface area contributed by atoms with Gasteiger partial charge in [0.15, 0.2) is 0 Å². The molecule has 0 saturated carbocycles. The maximum Gasteiger partial charge on any atom is 0.308 e. The highest BCUT2D eigenvalue weighted by molar-refractivity contribution is 6.31. The zero-order valence-corrected chi connectivity index (χ0v) is 12.2. The van der Waals surface area contributed by atoms with Crippen molar-refractivity contribution in [3.05, 3.63) is 65.7 Å². The summed E-state index contributed by atoms with van der Waals surface area (Å²) in [5, 5.41) is 2.43. The lowest BCUT2D eigenvalue weighted by atomic mass is 10.0. The van der Waals surface area contributed by atoms with Gasteiger partial charge in [0.1, 0.15) is 5.75 Å². The van der Waals surface area contributed by atoms with E-state index in [1.54, 1.807) is 0 Å². The average molecular weight is 297 g/mol. The van der Waals surface area contributed by atoms with Gasteiger partial charge in [-0.1, -0.05) is 48.0 Å². The van der Waals surface area contributed by atoms with Gasteiger partial charge in [-0.05, 0) is 40.8 Å². The topological polar surface area (TPSA) is 26.3 Å². The minimum Gasteiger partial charge on any atom is -0.426 e. The Morgan fingerprint density at radius 1 is 0.952 bits per heavy atom. The third kappa shape index (κ3) is 2.91. The number of hydrogen-bond donors (Lipinski definition) is 0. The first kappa shape index (κ1) is 13.7. The van der Waals surface area contributed by atoms with Crippen LogP contribution < -0.4 is 4.74 Å². The van der Waals surface area contributed by atoms with Crippen LogP contribution in [0.2, 0.25) is 5.02 Å². The van der Waals surface area contributed by atoms with Gasteiger partial charge in [-0.15, -0.1) is 0 Å². The monoisotopic (exact) mass is 296 g/mol. The Kier molecular flexibility index (Phi) is 3.63. The first-order chi connectivity index (χ1) is 10.1. The van der Waals surface area contributed by atoms with Gasteiger partial charge in [0.25, 0.3) is 0 Å². The van der Waals surface area contributed by atoms with Gasteiger partial charge >= 0.3 is 5.97 Å². The van der Waals surface area contributed by atoms with Crippen LogP contribution in [0.1, 0.15) is 6.92 Å². The van der Waals surface area contributed by atoms with Gasteiger partial charge < -0.3 is 4.74 Å². The van der Waals surface area contributed by atoms with Gasteiger partial charge in [-0.25, -0.2) is 0 Å². The highest BCUT2D eigenvalue weighted by atomic mass is 35.5. The summed E-state index contributed by atoms with van der Waals surface area (Å²) in [7, 11) is 0. The van der Waals surface area contributed by atoms with Crippen LogP contribution in [0.4, 0.5) is 0 Å². The lowest BCUT2D eigenvalue weighted by Crippen LogP contribution is -2.02. The second-order valence-electron chi connectivity index (χ2n) is 4.80. The molecule has 3 aromatic carbocycles. The highest BCUT2D eigenvalue weighted by Gasteiger charge is 2.09. The van der Waals surface area contributed by atoms with Crippen molar-refractivity contribution in [2.45, 2.75) is 6.92 Å². The summed E-state index contributed by atoms with van der Waals surface area (Å²) in [6.07, 6.45) is 0. The average Bonchev–Trinajstić information content (AvgIpc) is 2.48. The van der Waals surface area contributed by atoms with Gasteiger partial charge in [0, 0.05) is 17.3 Å². The Hall–Kier alpha value is -2.32. The largest absolute Gasteiger partial charge is 0.426 e. The highest BCUT2D eigenvalue weighted by Crippen LogP contribution is 2.34. The quantitative estimate of drug-likeness (QED) is 0.486. The summed E-state index contributed by atoms with van der Waals surface area (Å²) in [4.78, 5) is 11.3. The molecule has 0 aliphatic carbocycles. The molecule has 3 heteroatoms. The van der Waals surface area contributed by atoms with Crippen molar-refractivity contribution < 1.29 is 9.53 Å². The molecule has 0 amide bonds. The molecule has 0 aliphatic rings. The SMILES string of the molecule is CC(=O)Oc1cc(-c2ccccc2)cc2ccc(Cl)cc12. The number of benzene rings is 3. The summed E-state index contributed by atoms with van der Waals surface area (Å²) in [5.74, 6) is 0.183. The number of carbonyl (C=O) groups is 1. The van der Waals surface area contributed by atoms with E-state index in [0.717, 1.165) is 21.9 Å². The zero-order valence-electron chi connectivity index (χ0n) is 11.5. The van der Waals surface area contributed by atoms with E-state index in [2.05, 4.69) is 6.07 Å². The molecule has 3 aromatic rings. The van der Waals surface area contributed by atoms with Gasteiger partial charge in [0.05, 0.1) is 0 Å². The second kappa shape index (κ2) is 5.58. The number of hydrogen-bond acceptors (Lipinski definition) is 2. The summed E-state index contributed by atoms with van der Waals surface area (Å²) in [5.41, 5.74) is 2.07. The Morgan fingerprint density at radius 2 is 1.71 bits per heavy atom. The number of esters is 1. The van der Waals surface area contributed by atoms with Crippen molar-refractivity contribution in [1.29, 1.82) is 0 Å². The van der Waals surface area contributed by atoms with E-state index < -0.39 is 0 Å². The fourth-order valence-corrected chi connectivity index (χ4v) is 2.50. The third-order valence-electron chi connectivity index (χ3n) is 3.24. The Labute approximate surface area is 127 Å². The normalized spacial score (nSPS) is 10.6. The molecule has 3 rings (SSSR count). The fourth-order valence-electron chi connectivity index (χ4n) is 2.33. The lowest BCUT2D eigenvalue weighted by Gasteiger charge is -2.10. The first-order valence-corrected chi connectivity index (χ1v) is 6.98. The van der Waals surface area contributed by atoms with Crippen molar-refractivity contribution in [3.63, 3.8) is 0 Å². The minimum atomic E-state index is -0.346. The molecule has 0 heterocycles. The third-order valence-corrected chi connectivity index (χ3v) is 3.47. The molecule has 0 radical (unpaired) electrons. The van der Waals surface area contributed by atoms with Crippen molar-refractivity contribution in [2.75, 3.05) is 0 Å². The van der Waals surface area contributed by atoms with Gasteiger partial charge in [-0.3, -0.25) is 4.79 Å². The summed E-state index contributed by atoms with van der Waals surface area (Å²) in [6.45, 7) is 1.39. The minimum absolute atomic E-state index is 0.346. The molecular weight excluding hydrogens is 284 g/mol. The van der Waals surface area contributed by atoms with E-state index in [-0.39, 0.29) is 5.97 Å². The zero-order chi connectivity index (χ0) is 14.8. The summed E-state index contributed by atoms with van der Waals surface area (Å²) >= 11 is 6.04. The number of ether oxygens (including phenoxy) is 1. The van der Waals surface area contributed by atoms with E-state index in [1.165, 1.54) is 6.92 Å². The Balaban J connectivity index is 2.24. The molecule has 0 spiro atoms. The van der Waals surface area contributed by atoms with Crippen molar-refractivity contribution >= 4 is 28.3 Å². The molecule has 0 saturated heterocycles. The predicted octanol–water partition coefficient (Wildman–Crippen LogP) is 5.09. The molecule has 0 aromatic heterocycles. The van der Waals surface area contributed by atoms with Crippen molar-refractivity contribution in [3.8, 4) is 16.9 Å². The first-order valence-electron chi connectivity index (χ1n) is 6.60. The molecule has 0 atom stereocenters. The molecule has 2 nitrogen and oxygen atoms in total. The molecular formula is C18H13ClO2. The van der Waals surface area contributed by atoms with Gasteiger partial charge in [0.2, 0.25) is 0 Å². The molecule has 0 unspecified atom stereocenters. The second-order valence-corrected chi connectivity index (χ2v) is 5.24. The van der Waals surface area contributed by atoms with Crippen LogP contribution in [0.5, 0.6) is 5.75 Å². The maximum absolute atomic E-state index is 11.3. The van der Waals surface area contributed by atoms with Gasteiger partial charge in [-0.2, -0.15) is 0 Å². The van der Waals surface area contributed by atoms with Crippen LogP contribution in [-0.2, 0) is 4.79 Å². The summed E-state index contributed by atoms with van der Waals surface area (Å²) < 4.78 is 5.35. The van der Waals surface area contributed by atoms with E-state index in [4.69, 9.17) is 16.3 Å². The van der Waals surface area contributed by atoms with E-state index in [0.29, 0.717) is 10.8 Å². The van der Waals surface area contributed by atoms with Crippen LogP contribution in [0, 0.1) is 0 Å². The van der Waals surface area contributed by atoms with E-state index in [9.17, 15) is 4.79 Å². The molecule has 0 bridgehead atoms. The van der Waals surface area contributed by atoms with Crippen LogP contribution in [0.3, 0.4) is 0 Å². The fraction of sp³-hybridized carbons (Fsp3) is 0.0556. The van der Waals surface area contributed by atoms with E-state index >= 15 is 0 Å². The predicted molar refractivity (Wildman–Crippen MR) is 85.7 cm³/mol. The molecule has 0 aliphatic heterocycles. The number of halogens is 1. The lowest BCUT2D eigenvalue weighted by molar-refractivity contribution is -0.131. The number of carbonyl (C=O) groups excluding carboxylic acids is 1. The van der Waals surface area contributed by atoms with E-state index in [1.807, 2.05) is 54.6 Å². The molecule has 0 N–H and O–H groups in total. The van der Waals surface area contributed by atoms with Crippen LogP contribution in [0.25, 0.3) is 21.9 Å². The van der Waals surface area contributed by atoms with Crippen LogP contribution >= 0.6 is 11.6 Å². The Morgan fingerprint density at radius 3 is 2.43 bits per heavy atom. The number of fused-ring (bicyclic) bond motifs is 1. The molecule has 104 valence electrons. The molecule has 21 heavy (non-hydrogen) atoms. The van der Waals surface area contributed by atoms with Crippen LogP contribution in [0.15, 0.2) is 60.7 Å². The summed E-state index contributed by atoms with van der Waals surface area (Å²) in [6, 6.07) is 19.5. The standard InChI is InChI=1S/C18H13ClO2/c1-12(20)21-18-10-15(13-5-3-2-4-6-13)9-14-7-8-16(19)11-17(14)18/h2-11H,1H3. The number of rotatable bonds is 2. The molecule has 0 fully saturated rings. The smallest absolute Gasteiger partial charge is 0.308 e.